The van der Waals surface area contributed by atoms with E-state index in [-0.39, 0.29) is 18.8 Å². The van der Waals surface area contributed by atoms with Gasteiger partial charge in [0, 0.05) is 25.5 Å². The van der Waals surface area contributed by atoms with E-state index in [0.29, 0.717) is 5.56 Å². The molecule has 0 aliphatic rings. The van der Waals surface area contributed by atoms with Crippen molar-refractivity contribution in [1.29, 1.82) is 0 Å². The molecule has 2 rings (SSSR count). The molecule has 0 radical (unpaired) electrons. The first-order valence-corrected chi connectivity index (χ1v) is 6.86. The molecule has 2 aromatic rings. The average Bonchev–Trinajstić information content (AvgIpc) is 2.53. The van der Waals surface area contributed by atoms with Crippen LogP contribution in [0.1, 0.15) is 17.0 Å². The first kappa shape index (κ1) is 16.3. The van der Waals surface area contributed by atoms with Gasteiger partial charge in [-0.25, -0.2) is 4.79 Å². The Balaban J connectivity index is 2.19. The van der Waals surface area contributed by atoms with E-state index in [9.17, 15) is 24.9 Å². The maximum Gasteiger partial charge on any atom is 0.407 e. The highest BCUT2D eigenvalue weighted by Crippen LogP contribution is 2.21. The van der Waals surface area contributed by atoms with Gasteiger partial charge in [0.1, 0.15) is 5.75 Å². The van der Waals surface area contributed by atoms with E-state index in [1.807, 2.05) is 0 Å². The van der Waals surface area contributed by atoms with Gasteiger partial charge in [-0.15, -0.1) is 0 Å². The van der Waals surface area contributed by atoms with Crippen LogP contribution in [0.15, 0.2) is 48.8 Å². The number of carbonyl (C=O) groups is 2. The number of aliphatic carboxylic acids is 1. The molecule has 0 saturated heterocycles. The molecule has 0 saturated carbocycles. The second kappa shape index (κ2) is 7.26. The smallest absolute Gasteiger partial charge is 0.407 e. The molecule has 7 nitrogen and oxygen atoms in total. The summed E-state index contributed by atoms with van der Waals surface area (Å²) in [5.41, 5.74) is 1.15. The minimum Gasteiger partial charge on any atom is -0.508 e. The maximum absolute atomic E-state index is 11.5. The molecule has 0 bridgehead atoms. The molecule has 1 aromatic carbocycles. The van der Waals surface area contributed by atoms with Crippen LogP contribution in [-0.4, -0.2) is 43.8 Å². The number of phenols is 1. The molecule has 23 heavy (non-hydrogen) atoms. The minimum absolute atomic E-state index is 0.0183. The maximum atomic E-state index is 11.5. The number of phenolic OH excluding ortho intramolecular Hbond substituents is 1. The van der Waals surface area contributed by atoms with Gasteiger partial charge in [-0.2, -0.15) is 0 Å². The summed E-state index contributed by atoms with van der Waals surface area (Å²) >= 11 is 0. The fraction of sp³-hybridized carbons (Fsp3) is 0.188. The first-order valence-electron chi connectivity index (χ1n) is 6.86. The van der Waals surface area contributed by atoms with Crippen LogP contribution in [0, 0.1) is 0 Å². The summed E-state index contributed by atoms with van der Waals surface area (Å²) in [6.45, 7) is -0.127. The van der Waals surface area contributed by atoms with Crippen molar-refractivity contribution in [3.63, 3.8) is 0 Å². The Morgan fingerprint density at radius 2 is 1.65 bits per heavy atom. The van der Waals surface area contributed by atoms with E-state index in [0.717, 1.165) is 10.5 Å². The van der Waals surface area contributed by atoms with Crippen LogP contribution in [0.4, 0.5) is 4.79 Å². The summed E-state index contributed by atoms with van der Waals surface area (Å²) in [7, 11) is 0. The van der Waals surface area contributed by atoms with E-state index in [1.54, 1.807) is 24.5 Å². The van der Waals surface area contributed by atoms with Crippen LogP contribution in [0.3, 0.4) is 0 Å². The monoisotopic (exact) mass is 316 g/mol. The molecule has 120 valence electrons. The van der Waals surface area contributed by atoms with E-state index in [2.05, 4.69) is 4.98 Å². The van der Waals surface area contributed by atoms with Crippen LogP contribution < -0.4 is 0 Å². The Hall–Kier alpha value is -3.09. The van der Waals surface area contributed by atoms with Crippen LogP contribution >= 0.6 is 0 Å². The van der Waals surface area contributed by atoms with Crippen LogP contribution in [-0.2, 0) is 11.3 Å². The zero-order chi connectivity index (χ0) is 16.8. The van der Waals surface area contributed by atoms with Gasteiger partial charge < -0.3 is 20.2 Å². The van der Waals surface area contributed by atoms with Gasteiger partial charge in [0.15, 0.2) is 0 Å². The number of hydrogen-bond acceptors (Lipinski definition) is 4. The Bertz CT molecular complexity index is 673. The van der Waals surface area contributed by atoms with Gasteiger partial charge in [0.05, 0.1) is 5.92 Å². The predicted molar refractivity (Wildman–Crippen MR) is 81.2 cm³/mol. The number of benzene rings is 1. The summed E-state index contributed by atoms with van der Waals surface area (Å²) in [5.74, 6) is -2.13. The highest BCUT2D eigenvalue weighted by Gasteiger charge is 2.25. The number of nitrogens with zero attached hydrogens (tertiary/aromatic N) is 2. The SMILES string of the molecule is O=C(O)[C@@H](CN(Cc1ccncc1)C(=O)O)c1ccc(O)cc1. The van der Waals surface area contributed by atoms with Crippen LogP contribution in [0.2, 0.25) is 0 Å². The standard InChI is InChI=1S/C16H16N2O5/c19-13-3-1-12(2-4-13)14(15(20)21)10-18(16(22)23)9-11-5-7-17-8-6-11/h1-8,14,19H,9-10H2,(H,20,21)(H,22,23)/t14-/m0/s1. The van der Waals surface area contributed by atoms with E-state index >= 15 is 0 Å². The lowest BCUT2D eigenvalue weighted by Crippen LogP contribution is -2.35. The fourth-order valence-electron chi connectivity index (χ4n) is 2.17. The largest absolute Gasteiger partial charge is 0.508 e. The van der Waals surface area contributed by atoms with Crippen molar-refractivity contribution >= 4 is 12.1 Å². The number of hydrogen-bond donors (Lipinski definition) is 3. The molecule has 0 fully saturated rings. The van der Waals surface area contributed by atoms with Crippen molar-refractivity contribution in [3.8, 4) is 5.75 Å². The second-order valence-corrected chi connectivity index (χ2v) is 5.00. The third kappa shape index (κ3) is 4.44. The lowest BCUT2D eigenvalue weighted by atomic mass is 9.98. The Labute approximate surface area is 132 Å². The third-order valence-electron chi connectivity index (χ3n) is 3.39. The summed E-state index contributed by atoms with van der Waals surface area (Å²) in [5, 5.41) is 28.0. The Kier molecular flexibility index (Phi) is 5.14. The molecule has 1 amide bonds. The van der Waals surface area contributed by atoms with Gasteiger partial charge in [-0.05, 0) is 35.4 Å². The number of pyridine rings is 1. The Morgan fingerprint density at radius 1 is 1.04 bits per heavy atom. The predicted octanol–water partition coefficient (Wildman–Crippen LogP) is 2.14. The second-order valence-electron chi connectivity index (χ2n) is 5.00. The number of aromatic hydroxyl groups is 1. The number of carboxylic acids is 1. The molecule has 0 spiro atoms. The molecular weight excluding hydrogens is 300 g/mol. The summed E-state index contributed by atoms with van der Waals surface area (Å²) < 4.78 is 0. The highest BCUT2D eigenvalue weighted by molar-refractivity contribution is 5.77. The van der Waals surface area contributed by atoms with Gasteiger partial charge >= 0.3 is 12.1 Å². The van der Waals surface area contributed by atoms with E-state index in [4.69, 9.17) is 0 Å². The van der Waals surface area contributed by atoms with Crippen molar-refractivity contribution in [2.75, 3.05) is 6.54 Å². The minimum atomic E-state index is -1.20. The molecule has 0 aliphatic heterocycles. The zero-order valence-corrected chi connectivity index (χ0v) is 12.2. The lowest BCUT2D eigenvalue weighted by Gasteiger charge is -2.23. The molecule has 1 atom stereocenters. The normalized spacial score (nSPS) is 11.7. The van der Waals surface area contributed by atoms with Gasteiger partial charge in [0.2, 0.25) is 0 Å². The van der Waals surface area contributed by atoms with Gasteiger partial charge in [-0.1, -0.05) is 12.1 Å². The molecule has 3 N–H and O–H groups in total. The number of amides is 1. The number of rotatable bonds is 6. The number of carboxylic acid groups (broad SMARTS) is 2. The highest BCUT2D eigenvalue weighted by atomic mass is 16.4. The molecule has 0 unspecified atom stereocenters. The first-order chi connectivity index (χ1) is 11.0. The molecule has 1 aromatic heterocycles. The van der Waals surface area contributed by atoms with Crippen LogP contribution in [0.5, 0.6) is 5.75 Å². The summed E-state index contributed by atoms with van der Waals surface area (Å²) in [6.07, 6.45) is 1.89. The average molecular weight is 316 g/mol. The zero-order valence-electron chi connectivity index (χ0n) is 12.2. The Morgan fingerprint density at radius 3 is 2.17 bits per heavy atom. The van der Waals surface area contributed by atoms with E-state index < -0.39 is 18.0 Å². The van der Waals surface area contributed by atoms with Crippen molar-refractivity contribution in [3.05, 3.63) is 59.9 Å². The number of aromatic nitrogens is 1. The lowest BCUT2D eigenvalue weighted by molar-refractivity contribution is -0.139. The molecule has 7 heteroatoms. The summed E-state index contributed by atoms with van der Waals surface area (Å²) in [4.78, 5) is 27.8. The molecule has 0 aliphatic carbocycles. The fourth-order valence-corrected chi connectivity index (χ4v) is 2.17. The van der Waals surface area contributed by atoms with E-state index in [1.165, 1.54) is 24.3 Å². The topological polar surface area (TPSA) is 111 Å². The van der Waals surface area contributed by atoms with Crippen molar-refractivity contribution in [2.24, 2.45) is 0 Å². The van der Waals surface area contributed by atoms with Crippen molar-refractivity contribution in [2.45, 2.75) is 12.5 Å². The summed E-state index contributed by atoms with van der Waals surface area (Å²) in [6, 6.07) is 9.04. The van der Waals surface area contributed by atoms with Crippen LogP contribution in [0.25, 0.3) is 0 Å². The third-order valence-corrected chi connectivity index (χ3v) is 3.39. The van der Waals surface area contributed by atoms with Crippen molar-refractivity contribution < 1.29 is 24.9 Å². The van der Waals surface area contributed by atoms with Gasteiger partial charge in [0.25, 0.3) is 0 Å². The molecule has 1 heterocycles. The van der Waals surface area contributed by atoms with Crippen molar-refractivity contribution in [1.82, 2.24) is 9.88 Å². The molecular formula is C16H16N2O5. The quantitative estimate of drug-likeness (QED) is 0.753. The van der Waals surface area contributed by atoms with Gasteiger partial charge in [-0.3, -0.25) is 9.78 Å².